The average molecular weight is 212 g/mol. The van der Waals surface area contributed by atoms with Crippen LogP contribution in [0, 0.1) is 11.3 Å². The van der Waals surface area contributed by atoms with Gasteiger partial charge in [0, 0.05) is 5.41 Å². The second-order valence-electron chi connectivity index (χ2n) is 4.98. The van der Waals surface area contributed by atoms with Crippen LogP contribution in [0.15, 0.2) is 0 Å². The lowest BCUT2D eigenvalue weighted by Crippen LogP contribution is -2.26. The summed E-state index contributed by atoms with van der Waals surface area (Å²) in [7, 11) is 0. The van der Waals surface area contributed by atoms with Gasteiger partial charge in [0.05, 0.1) is 0 Å². The van der Waals surface area contributed by atoms with Gasteiger partial charge in [-0.3, -0.25) is 4.79 Å². The number of hydrogen-bond acceptors (Lipinski definition) is 1. The van der Waals surface area contributed by atoms with Crippen LogP contribution in [0.5, 0.6) is 0 Å². The Labute approximate surface area is 95.6 Å². The van der Waals surface area contributed by atoms with Gasteiger partial charge >= 0.3 is 0 Å². The fourth-order valence-corrected chi connectivity index (χ4v) is 2.39. The van der Waals surface area contributed by atoms with Crippen LogP contribution in [0.3, 0.4) is 0 Å². The maximum absolute atomic E-state index is 11.6. The third-order valence-corrected chi connectivity index (χ3v) is 3.51. The first-order valence-electron chi connectivity index (χ1n) is 6.58. The standard InChI is InChI=1S/C12H22O.C2H6/c1-10(2)6-9-12(11(3)13)7-4-5-8-12;1-2/h10H,4-9H2,1-3H3;1-2H3. The molecule has 0 aliphatic heterocycles. The molecule has 0 aromatic rings. The predicted octanol–water partition coefficient (Wildman–Crippen LogP) is 4.60. The topological polar surface area (TPSA) is 17.1 Å². The summed E-state index contributed by atoms with van der Waals surface area (Å²) >= 11 is 0. The molecule has 0 bridgehead atoms. The summed E-state index contributed by atoms with van der Waals surface area (Å²) < 4.78 is 0. The smallest absolute Gasteiger partial charge is 0.135 e. The van der Waals surface area contributed by atoms with Crippen molar-refractivity contribution in [1.82, 2.24) is 0 Å². The van der Waals surface area contributed by atoms with Gasteiger partial charge in [-0.05, 0) is 32.1 Å². The Morgan fingerprint density at radius 3 is 2.00 bits per heavy atom. The third-order valence-electron chi connectivity index (χ3n) is 3.51. The van der Waals surface area contributed by atoms with Gasteiger partial charge in [-0.1, -0.05) is 47.0 Å². The van der Waals surface area contributed by atoms with E-state index in [0.717, 1.165) is 25.2 Å². The Balaban J connectivity index is 0.000000921. The number of carbonyl (C=O) groups is 1. The molecule has 0 heterocycles. The molecule has 0 unspecified atom stereocenters. The van der Waals surface area contributed by atoms with Gasteiger partial charge in [0.25, 0.3) is 0 Å². The van der Waals surface area contributed by atoms with Gasteiger partial charge in [0.1, 0.15) is 5.78 Å². The summed E-state index contributed by atoms with van der Waals surface area (Å²) in [5.41, 5.74) is 0.0876. The zero-order chi connectivity index (χ0) is 11.9. The summed E-state index contributed by atoms with van der Waals surface area (Å²) in [6.07, 6.45) is 7.15. The number of rotatable bonds is 4. The first-order valence-corrected chi connectivity index (χ1v) is 6.58. The molecule has 0 amide bonds. The van der Waals surface area contributed by atoms with Gasteiger partial charge in [0.2, 0.25) is 0 Å². The molecule has 0 aromatic carbocycles. The molecule has 1 rings (SSSR count). The maximum atomic E-state index is 11.6. The molecule has 1 nitrogen and oxygen atoms in total. The molecule has 1 aliphatic rings. The molecular weight excluding hydrogens is 184 g/mol. The van der Waals surface area contributed by atoms with E-state index in [1.807, 2.05) is 13.8 Å². The molecule has 0 aromatic heterocycles. The van der Waals surface area contributed by atoms with E-state index in [2.05, 4.69) is 13.8 Å². The van der Waals surface area contributed by atoms with Crippen molar-refractivity contribution in [2.24, 2.45) is 11.3 Å². The normalized spacial score (nSPS) is 18.5. The van der Waals surface area contributed by atoms with Gasteiger partial charge in [0.15, 0.2) is 0 Å². The van der Waals surface area contributed by atoms with E-state index in [1.54, 1.807) is 6.92 Å². The lowest BCUT2D eigenvalue weighted by molar-refractivity contribution is -0.126. The van der Waals surface area contributed by atoms with Gasteiger partial charge in [-0.2, -0.15) is 0 Å². The molecule has 0 saturated heterocycles. The van der Waals surface area contributed by atoms with Crippen molar-refractivity contribution in [2.45, 2.75) is 73.1 Å². The van der Waals surface area contributed by atoms with Crippen LogP contribution in [0.25, 0.3) is 0 Å². The molecule has 15 heavy (non-hydrogen) atoms. The van der Waals surface area contributed by atoms with Crippen molar-refractivity contribution < 1.29 is 4.79 Å². The first kappa shape index (κ1) is 14.7. The highest BCUT2D eigenvalue weighted by molar-refractivity contribution is 5.82. The lowest BCUT2D eigenvalue weighted by Gasteiger charge is -2.26. The molecule has 1 heteroatoms. The molecule has 0 atom stereocenters. The van der Waals surface area contributed by atoms with E-state index in [4.69, 9.17) is 0 Å². The van der Waals surface area contributed by atoms with Crippen LogP contribution in [-0.4, -0.2) is 5.78 Å². The molecule has 0 spiro atoms. The van der Waals surface area contributed by atoms with Gasteiger partial charge < -0.3 is 0 Å². The zero-order valence-electron chi connectivity index (χ0n) is 11.2. The molecule has 1 saturated carbocycles. The van der Waals surface area contributed by atoms with Gasteiger partial charge in [-0.15, -0.1) is 0 Å². The van der Waals surface area contributed by atoms with Crippen molar-refractivity contribution in [1.29, 1.82) is 0 Å². The minimum absolute atomic E-state index is 0.0876. The molecule has 1 fully saturated rings. The number of carbonyl (C=O) groups excluding carboxylic acids is 1. The van der Waals surface area contributed by atoms with Crippen molar-refractivity contribution in [3.8, 4) is 0 Å². The quantitative estimate of drug-likeness (QED) is 0.665. The highest BCUT2D eigenvalue weighted by Crippen LogP contribution is 2.43. The number of hydrogen-bond donors (Lipinski definition) is 0. The first-order chi connectivity index (χ1) is 7.07. The summed E-state index contributed by atoms with van der Waals surface area (Å²) in [6.45, 7) is 10.3. The second kappa shape index (κ2) is 7.03. The largest absolute Gasteiger partial charge is 0.299 e. The Morgan fingerprint density at radius 2 is 1.67 bits per heavy atom. The van der Waals surface area contributed by atoms with Crippen molar-refractivity contribution in [3.05, 3.63) is 0 Å². The van der Waals surface area contributed by atoms with Crippen LogP contribution < -0.4 is 0 Å². The van der Waals surface area contributed by atoms with Crippen molar-refractivity contribution >= 4 is 5.78 Å². The Hall–Kier alpha value is -0.330. The SMILES string of the molecule is CC.CC(=O)C1(CCC(C)C)CCCC1. The minimum Gasteiger partial charge on any atom is -0.299 e. The highest BCUT2D eigenvalue weighted by Gasteiger charge is 2.37. The fourth-order valence-electron chi connectivity index (χ4n) is 2.39. The van der Waals surface area contributed by atoms with Gasteiger partial charge in [-0.25, -0.2) is 0 Å². The van der Waals surface area contributed by atoms with E-state index < -0.39 is 0 Å². The van der Waals surface area contributed by atoms with Crippen molar-refractivity contribution in [2.75, 3.05) is 0 Å². The lowest BCUT2D eigenvalue weighted by atomic mass is 9.77. The Bertz CT molecular complexity index is 176. The van der Waals surface area contributed by atoms with Crippen LogP contribution in [0.1, 0.15) is 73.1 Å². The number of ketones is 1. The third kappa shape index (κ3) is 4.36. The summed E-state index contributed by atoms with van der Waals surface area (Å²) in [5, 5.41) is 0. The minimum atomic E-state index is 0.0876. The van der Waals surface area contributed by atoms with E-state index >= 15 is 0 Å². The summed E-state index contributed by atoms with van der Waals surface area (Å²) in [6, 6.07) is 0. The zero-order valence-corrected chi connectivity index (χ0v) is 11.2. The Morgan fingerprint density at radius 1 is 1.20 bits per heavy atom. The Kier molecular flexibility index (Phi) is 6.87. The van der Waals surface area contributed by atoms with Crippen LogP contribution in [-0.2, 0) is 4.79 Å². The van der Waals surface area contributed by atoms with Crippen LogP contribution in [0.2, 0.25) is 0 Å². The molecule has 0 radical (unpaired) electrons. The van der Waals surface area contributed by atoms with Crippen LogP contribution >= 0.6 is 0 Å². The van der Waals surface area contributed by atoms with E-state index in [9.17, 15) is 4.79 Å². The van der Waals surface area contributed by atoms with Crippen LogP contribution in [0.4, 0.5) is 0 Å². The number of Topliss-reactive ketones (excluding diaryl/α,β-unsaturated/α-hetero) is 1. The van der Waals surface area contributed by atoms with E-state index in [-0.39, 0.29) is 5.41 Å². The molecule has 1 aliphatic carbocycles. The molecule has 90 valence electrons. The summed E-state index contributed by atoms with van der Waals surface area (Å²) in [5.74, 6) is 1.17. The predicted molar refractivity (Wildman–Crippen MR) is 67.0 cm³/mol. The van der Waals surface area contributed by atoms with Crippen molar-refractivity contribution in [3.63, 3.8) is 0 Å². The molecular formula is C14H28O. The summed E-state index contributed by atoms with van der Waals surface area (Å²) in [4.78, 5) is 11.6. The highest BCUT2D eigenvalue weighted by atomic mass is 16.1. The molecule has 0 N–H and O–H groups in total. The monoisotopic (exact) mass is 212 g/mol. The van der Waals surface area contributed by atoms with E-state index in [0.29, 0.717) is 5.78 Å². The fraction of sp³-hybridized carbons (Fsp3) is 0.929. The maximum Gasteiger partial charge on any atom is 0.135 e. The average Bonchev–Trinajstić information content (AvgIpc) is 2.67. The van der Waals surface area contributed by atoms with E-state index in [1.165, 1.54) is 19.3 Å². The second-order valence-corrected chi connectivity index (χ2v) is 4.98.